The number of carbonyl (C=O) groups excluding carboxylic acids is 1. The van der Waals surface area contributed by atoms with E-state index >= 15 is 0 Å². The smallest absolute Gasteiger partial charge is 0.319 e. The monoisotopic (exact) mass is 430 g/mol. The molecule has 0 bridgehead atoms. The number of carbonyl (C=O) groups is 1. The number of methoxy groups -OCH3 is 1. The van der Waals surface area contributed by atoms with Crippen LogP contribution in [0.4, 0.5) is 10.5 Å². The first-order valence-electron chi connectivity index (χ1n) is 10.1. The SMILES string of the molecule is COc1ccc(CCNC(=O)Nc2ccccc2Cc2nc(-c3cnccn3)no2)cc1. The van der Waals surface area contributed by atoms with Gasteiger partial charge < -0.3 is 19.9 Å². The minimum atomic E-state index is -0.281. The molecule has 0 radical (unpaired) electrons. The molecule has 0 fully saturated rings. The summed E-state index contributed by atoms with van der Waals surface area (Å²) >= 11 is 0. The van der Waals surface area contributed by atoms with Crippen molar-refractivity contribution in [2.24, 2.45) is 0 Å². The molecule has 2 aromatic carbocycles. The van der Waals surface area contributed by atoms with E-state index in [2.05, 4.69) is 30.7 Å². The van der Waals surface area contributed by atoms with Crippen LogP contribution in [0.5, 0.6) is 5.75 Å². The van der Waals surface area contributed by atoms with Crippen molar-refractivity contribution in [1.29, 1.82) is 0 Å². The average molecular weight is 430 g/mol. The van der Waals surface area contributed by atoms with Crippen molar-refractivity contribution in [2.75, 3.05) is 19.0 Å². The molecule has 2 N–H and O–H groups in total. The first kappa shape index (κ1) is 21.0. The zero-order chi connectivity index (χ0) is 22.2. The predicted octanol–water partition coefficient (Wildman–Crippen LogP) is 3.49. The number of nitrogens with one attached hydrogen (secondary N) is 2. The minimum Gasteiger partial charge on any atom is -0.497 e. The number of aromatic nitrogens is 4. The van der Waals surface area contributed by atoms with E-state index in [9.17, 15) is 4.79 Å². The summed E-state index contributed by atoms with van der Waals surface area (Å²) in [6.45, 7) is 0.505. The summed E-state index contributed by atoms with van der Waals surface area (Å²) in [5.41, 5.74) is 3.17. The Balaban J connectivity index is 1.34. The van der Waals surface area contributed by atoms with Crippen molar-refractivity contribution in [1.82, 2.24) is 25.4 Å². The third-order valence-corrected chi connectivity index (χ3v) is 4.73. The topological polar surface area (TPSA) is 115 Å². The van der Waals surface area contributed by atoms with Gasteiger partial charge in [-0.25, -0.2) is 9.78 Å². The maximum atomic E-state index is 12.4. The lowest BCUT2D eigenvalue weighted by atomic mass is 10.1. The standard InChI is InChI=1S/C23H22N6O3/c1-31-18-8-6-16(7-9-18)10-11-26-23(30)27-19-5-3-2-4-17(19)14-21-28-22(29-32-21)20-15-24-12-13-25-20/h2-9,12-13,15H,10-11,14H2,1H3,(H2,26,27,30). The highest BCUT2D eigenvalue weighted by molar-refractivity contribution is 5.90. The Hall–Kier alpha value is -4.27. The first-order chi connectivity index (χ1) is 15.7. The van der Waals surface area contributed by atoms with Gasteiger partial charge in [0.05, 0.1) is 19.7 Å². The number of urea groups is 1. The fourth-order valence-electron chi connectivity index (χ4n) is 3.08. The maximum Gasteiger partial charge on any atom is 0.319 e. The van der Waals surface area contributed by atoms with E-state index in [4.69, 9.17) is 9.26 Å². The summed E-state index contributed by atoms with van der Waals surface area (Å²) in [5.74, 6) is 1.59. The van der Waals surface area contributed by atoms with Gasteiger partial charge in [0.1, 0.15) is 11.4 Å². The van der Waals surface area contributed by atoms with Crippen molar-refractivity contribution >= 4 is 11.7 Å². The van der Waals surface area contributed by atoms with Crippen LogP contribution in [-0.2, 0) is 12.8 Å². The molecule has 4 aromatic rings. The predicted molar refractivity (Wildman–Crippen MR) is 118 cm³/mol. The second-order valence-electron chi connectivity index (χ2n) is 6.92. The largest absolute Gasteiger partial charge is 0.497 e. The van der Waals surface area contributed by atoms with E-state index in [1.165, 1.54) is 0 Å². The number of ether oxygens (including phenoxy) is 1. The second kappa shape index (κ2) is 10.2. The van der Waals surface area contributed by atoms with Gasteiger partial charge in [0, 0.05) is 24.6 Å². The highest BCUT2D eigenvalue weighted by atomic mass is 16.5. The third kappa shape index (κ3) is 5.45. The number of hydrogen-bond donors (Lipinski definition) is 2. The minimum absolute atomic E-state index is 0.281. The van der Waals surface area contributed by atoms with Gasteiger partial charge >= 0.3 is 6.03 Å². The van der Waals surface area contributed by atoms with Crippen LogP contribution in [0.2, 0.25) is 0 Å². The molecule has 4 rings (SSSR count). The summed E-state index contributed by atoms with van der Waals surface area (Å²) in [6.07, 6.45) is 5.80. The van der Waals surface area contributed by atoms with Crippen molar-refractivity contribution in [2.45, 2.75) is 12.8 Å². The maximum absolute atomic E-state index is 12.4. The number of amides is 2. The highest BCUT2D eigenvalue weighted by Gasteiger charge is 2.13. The van der Waals surface area contributed by atoms with Crippen LogP contribution in [0.15, 0.2) is 71.6 Å². The van der Waals surface area contributed by atoms with Gasteiger partial charge in [-0.3, -0.25) is 4.98 Å². The van der Waals surface area contributed by atoms with Gasteiger partial charge in [0.15, 0.2) is 0 Å². The van der Waals surface area contributed by atoms with Crippen molar-refractivity contribution in [3.05, 3.63) is 84.1 Å². The lowest BCUT2D eigenvalue weighted by Gasteiger charge is -2.11. The zero-order valence-electron chi connectivity index (χ0n) is 17.5. The van der Waals surface area contributed by atoms with Crippen LogP contribution >= 0.6 is 0 Å². The molecule has 0 unspecified atom stereocenters. The summed E-state index contributed by atoms with van der Waals surface area (Å²) in [6, 6.07) is 15.0. The molecule has 0 saturated heterocycles. The number of rotatable bonds is 8. The molecule has 0 aliphatic rings. The number of benzene rings is 2. The molecule has 0 aliphatic carbocycles. The normalized spacial score (nSPS) is 10.5. The molecule has 32 heavy (non-hydrogen) atoms. The molecule has 2 aromatic heterocycles. The molecule has 9 heteroatoms. The highest BCUT2D eigenvalue weighted by Crippen LogP contribution is 2.20. The summed E-state index contributed by atoms with van der Waals surface area (Å²) in [5, 5.41) is 9.73. The van der Waals surface area contributed by atoms with Gasteiger partial charge in [-0.15, -0.1) is 0 Å². The summed E-state index contributed by atoms with van der Waals surface area (Å²) in [7, 11) is 1.63. The number of hydrogen-bond acceptors (Lipinski definition) is 7. The Morgan fingerprint density at radius 1 is 1.09 bits per heavy atom. The zero-order valence-corrected chi connectivity index (χ0v) is 17.5. The molecule has 0 saturated carbocycles. The van der Waals surface area contributed by atoms with Crippen LogP contribution in [0.3, 0.4) is 0 Å². The molecule has 9 nitrogen and oxygen atoms in total. The van der Waals surface area contributed by atoms with Gasteiger partial charge in [0.25, 0.3) is 0 Å². The Bertz CT molecular complexity index is 1160. The van der Waals surface area contributed by atoms with Crippen molar-refractivity contribution in [3.63, 3.8) is 0 Å². The lowest BCUT2D eigenvalue weighted by molar-refractivity contribution is 0.252. The van der Waals surface area contributed by atoms with Gasteiger partial charge in [-0.2, -0.15) is 4.98 Å². The Kier molecular flexibility index (Phi) is 6.66. The molecular weight excluding hydrogens is 408 g/mol. The Morgan fingerprint density at radius 2 is 1.94 bits per heavy atom. The molecule has 0 aliphatic heterocycles. The van der Waals surface area contributed by atoms with Crippen LogP contribution in [-0.4, -0.2) is 39.8 Å². The van der Waals surface area contributed by atoms with E-state index in [1.807, 2.05) is 48.5 Å². The third-order valence-electron chi connectivity index (χ3n) is 4.73. The van der Waals surface area contributed by atoms with E-state index < -0.39 is 0 Å². The van der Waals surface area contributed by atoms with Crippen LogP contribution < -0.4 is 15.4 Å². The van der Waals surface area contributed by atoms with E-state index in [1.54, 1.807) is 25.7 Å². The molecule has 162 valence electrons. The Labute approximate surface area is 184 Å². The van der Waals surface area contributed by atoms with E-state index in [-0.39, 0.29) is 6.03 Å². The Morgan fingerprint density at radius 3 is 2.72 bits per heavy atom. The molecule has 2 amide bonds. The fourth-order valence-corrected chi connectivity index (χ4v) is 3.08. The average Bonchev–Trinajstić information content (AvgIpc) is 3.30. The van der Waals surface area contributed by atoms with Crippen LogP contribution in [0, 0.1) is 0 Å². The molecule has 0 spiro atoms. The summed E-state index contributed by atoms with van der Waals surface area (Å²) in [4.78, 5) is 24.9. The van der Waals surface area contributed by atoms with Crippen LogP contribution in [0.1, 0.15) is 17.0 Å². The van der Waals surface area contributed by atoms with Crippen molar-refractivity contribution in [3.8, 4) is 17.3 Å². The molecule has 0 atom stereocenters. The van der Waals surface area contributed by atoms with E-state index in [0.717, 1.165) is 16.9 Å². The second-order valence-corrected chi connectivity index (χ2v) is 6.92. The number of anilines is 1. The molecular formula is C23H22N6O3. The fraction of sp³-hybridized carbons (Fsp3) is 0.174. The van der Waals surface area contributed by atoms with Crippen LogP contribution in [0.25, 0.3) is 11.5 Å². The van der Waals surface area contributed by atoms with Gasteiger partial charge in [-0.05, 0) is 35.7 Å². The van der Waals surface area contributed by atoms with Crippen molar-refractivity contribution < 1.29 is 14.1 Å². The lowest BCUT2D eigenvalue weighted by Crippen LogP contribution is -2.30. The summed E-state index contributed by atoms with van der Waals surface area (Å²) < 4.78 is 10.5. The first-order valence-corrected chi connectivity index (χ1v) is 10.1. The number of para-hydroxylation sites is 1. The van der Waals surface area contributed by atoms with Gasteiger partial charge in [0.2, 0.25) is 11.7 Å². The molecule has 2 heterocycles. The quantitative estimate of drug-likeness (QED) is 0.440. The van der Waals surface area contributed by atoms with E-state index in [0.29, 0.717) is 42.5 Å². The van der Waals surface area contributed by atoms with Gasteiger partial charge in [-0.1, -0.05) is 35.5 Å². The number of nitrogens with zero attached hydrogens (tertiary/aromatic N) is 4.